The van der Waals surface area contributed by atoms with Crippen molar-refractivity contribution in [2.45, 2.75) is 6.54 Å². The number of carbonyl (C=O) groups excluding carboxylic acids is 1. The number of pyridine rings is 1. The summed E-state index contributed by atoms with van der Waals surface area (Å²) in [5.74, 6) is -0.0812. The van der Waals surface area contributed by atoms with E-state index in [1.54, 1.807) is 18.2 Å². The number of hydrogen-bond donors (Lipinski definition) is 1. The first-order chi connectivity index (χ1) is 12.1. The molecule has 0 bridgehead atoms. The molecule has 0 saturated carbocycles. The zero-order valence-electron chi connectivity index (χ0n) is 13.8. The molecule has 0 spiro atoms. The molecular formula is C18H20Cl2N4O. The van der Waals surface area contributed by atoms with Gasteiger partial charge in [0.2, 0.25) is 5.91 Å². The van der Waals surface area contributed by atoms with Crippen molar-refractivity contribution in [3.05, 3.63) is 58.3 Å². The maximum absolute atomic E-state index is 12.2. The fraction of sp³-hybridized carbons (Fsp3) is 0.333. The van der Waals surface area contributed by atoms with Gasteiger partial charge in [-0.3, -0.25) is 19.6 Å². The molecule has 1 aliphatic heterocycles. The monoisotopic (exact) mass is 378 g/mol. The maximum atomic E-state index is 12.2. The van der Waals surface area contributed by atoms with Gasteiger partial charge in [0.05, 0.1) is 28.0 Å². The molecule has 1 N–H and O–H groups in total. The van der Waals surface area contributed by atoms with Crippen LogP contribution in [0.15, 0.2) is 42.6 Å². The topological polar surface area (TPSA) is 48.5 Å². The van der Waals surface area contributed by atoms with Gasteiger partial charge in [-0.25, -0.2) is 0 Å². The third kappa shape index (κ3) is 5.16. The number of anilines is 1. The van der Waals surface area contributed by atoms with Gasteiger partial charge in [0, 0.05) is 38.9 Å². The summed E-state index contributed by atoms with van der Waals surface area (Å²) in [6, 6.07) is 11.2. The molecule has 3 rings (SSSR count). The lowest BCUT2D eigenvalue weighted by Gasteiger charge is -2.34. The second-order valence-corrected chi connectivity index (χ2v) is 6.81. The Kier molecular flexibility index (Phi) is 6.26. The predicted molar refractivity (Wildman–Crippen MR) is 101 cm³/mol. The van der Waals surface area contributed by atoms with Gasteiger partial charge in [-0.05, 0) is 24.3 Å². The molecule has 1 amide bonds. The van der Waals surface area contributed by atoms with Crippen LogP contribution in [0.2, 0.25) is 10.0 Å². The van der Waals surface area contributed by atoms with Crippen LogP contribution in [0, 0.1) is 0 Å². The number of amides is 1. The third-order valence-electron chi connectivity index (χ3n) is 4.17. The van der Waals surface area contributed by atoms with E-state index in [9.17, 15) is 4.79 Å². The Hall–Kier alpha value is -1.66. The minimum absolute atomic E-state index is 0.0812. The second-order valence-electron chi connectivity index (χ2n) is 6.02. The Morgan fingerprint density at radius 3 is 2.52 bits per heavy atom. The molecule has 25 heavy (non-hydrogen) atoms. The molecule has 132 valence electrons. The van der Waals surface area contributed by atoms with Gasteiger partial charge in [-0.2, -0.15) is 0 Å². The van der Waals surface area contributed by atoms with Crippen LogP contribution in [-0.2, 0) is 11.3 Å². The summed E-state index contributed by atoms with van der Waals surface area (Å²) in [7, 11) is 0. The van der Waals surface area contributed by atoms with Crippen LogP contribution in [0.1, 0.15) is 5.69 Å². The average Bonchev–Trinajstić information content (AvgIpc) is 2.62. The molecule has 2 heterocycles. The Balaban J connectivity index is 1.45. The normalized spacial score (nSPS) is 15.9. The van der Waals surface area contributed by atoms with Crippen LogP contribution in [-0.4, -0.2) is 53.4 Å². The number of hydrogen-bond acceptors (Lipinski definition) is 4. The zero-order chi connectivity index (χ0) is 17.6. The summed E-state index contributed by atoms with van der Waals surface area (Å²) in [6.45, 7) is 4.73. The highest BCUT2D eigenvalue weighted by molar-refractivity contribution is 6.43. The van der Waals surface area contributed by atoms with Crippen LogP contribution in [0.5, 0.6) is 0 Å². The molecule has 2 aromatic rings. The van der Waals surface area contributed by atoms with Gasteiger partial charge in [0.1, 0.15) is 0 Å². The number of nitrogens with one attached hydrogen (secondary N) is 1. The predicted octanol–water partition coefficient (Wildman–Crippen LogP) is 3.14. The molecule has 1 fully saturated rings. The Labute approximate surface area is 157 Å². The lowest BCUT2D eigenvalue weighted by Crippen LogP contribution is -2.48. The van der Waals surface area contributed by atoms with Gasteiger partial charge in [-0.1, -0.05) is 35.3 Å². The van der Waals surface area contributed by atoms with Crippen molar-refractivity contribution in [1.82, 2.24) is 14.8 Å². The highest BCUT2D eigenvalue weighted by Crippen LogP contribution is 2.29. The molecule has 1 aromatic heterocycles. The number of nitrogens with zero attached hydrogens (tertiary/aromatic N) is 3. The second kappa shape index (κ2) is 8.63. The van der Waals surface area contributed by atoms with E-state index in [0.29, 0.717) is 22.3 Å². The highest BCUT2D eigenvalue weighted by atomic mass is 35.5. The Morgan fingerprint density at radius 1 is 1.04 bits per heavy atom. The molecule has 0 radical (unpaired) electrons. The lowest BCUT2D eigenvalue weighted by molar-refractivity contribution is -0.117. The van der Waals surface area contributed by atoms with E-state index in [1.165, 1.54) is 0 Å². The molecule has 1 aromatic carbocycles. The van der Waals surface area contributed by atoms with Gasteiger partial charge >= 0.3 is 0 Å². The van der Waals surface area contributed by atoms with E-state index in [0.717, 1.165) is 38.4 Å². The third-order valence-corrected chi connectivity index (χ3v) is 4.99. The summed E-state index contributed by atoms with van der Waals surface area (Å²) < 4.78 is 0. The molecule has 0 aliphatic carbocycles. The zero-order valence-corrected chi connectivity index (χ0v) is 15.3. The molecule has 1 saturated heterocycles. The van der Waals surface area contributed by atoms with Gasteiger partial charge in [0.15, 0.2) is 0 Å². The smallest absolute Gasteiger partial charge is 0.238 e. The molecular weight excluding hydrogens is 359 g/mol. The first kappa shape index (κ1) is 18.1. The summed E-state index contributed by atoms with van der Waals surface area (Å²) in [6.07, 6.45) is 1.82. The number of aromatic nitrogens is 1. The number of rotatable bonds is 5. The Bertz CT molecular complexity index is 718. The molecule has 0 atom stereocenters. The van der Waals surface area contributed by atoms with Crippen molar-refractivity contribution >= 4 is 34.8 Å². The number of carbonyl (C=O) groups is 1. The molecule has 7 heteroatoms. The van der Waals surface area contributed by atoms with Crippen molar-refractivity contribution in [3.8, 4) is 0 Å². The first-order valence-electron chi connectivity index (χ1n) is 8.20. The Morgan fingerprint density at radius 2 is 1.80 bits per heavy atom. The van der Waals surface area contributed by atoms with E-state index in [2.05, 4.69) is 20.1 Å². The number of halogens is 2. The fourth-order valence-corrected chi connectivity index (χ4v) is 3.17. The maximum Gasteiger partial charge on any atom is 0.238 e. The van der Waals surface area contributed by atoms with Crippen molar-refractivity contribution < 1.29 is 4.79 Å². The van der Waals surface area contributed by atoms with Crippen LogP contribution in [0.3, 0.4) is 0 Å². The van der Waals surface area contributed by atoms with Crippen molar-refractivity contribution in [2.24, 2.45) is 0 Å². The molecule has 1 aliphatic rings. The van der Waals surface area contributed by atoms with Crippen molar-refractivity contribution in [3.63, 3.8) is 0 Å². The summed E-state index contributed by atoms with van der Waals surface area (Å²) in [5.41, 5.74) is 1.62. The van der Waals surface area contributed by atoms with Crippen molar-refractivity contribution in [2.75, 3.05) is 38.0 Å². The van der Waals surface area contributed by atoms with E-state index in [-0.39, 0.29) is 5.91 Å². The fourth-order valence-electron chi connectivity index (χ4n) is 2.82. The van der Waals surface area contributed by atoms with Gasteiger partial charge in [-0.15, -0.1) is 0 Å². The lowest BCUT2D eigenvalue weighted by atomic mass is 10.2. The molecule has 5 nitrogen and oxygen atoms in total. The summed E-state index contributed by atoms with van der Waals surface area (Å²) in [4.78, 5) is 21.1. The minimum Gasteiger partial charge on any atom is -0.324 e. The van der Waals surface area contributed by atoms with Crippen molar-refractivity contribution in [1.29, 1.82) is 0 Å². The average molecular weight is 379 g/mol. The number of piperazine rings is 1. The van der Waals surface area contributed by atoms with Crippen LogP contribution in [0.25, 0.3) is 0 Å². The quantitative estimate of drug-likeness (QED) is 0.867. The van der Waals surface area contributed by atoms with Crippen LogP contribution >= 0.6 is 23.2 Å². The van der Waals surface area contributed by atoms with Gasteiger partial charge in [0.25, 0.3) is 0 Å². The minimum atomic E-state index is -0.0812. The van der Waals surface area contributed by atoms with Crippen LogP contribution < -0.4 is 5.32 Å². The van der Waals surface area contributed by atoms with E-state index in [1.807, 2.05) is 24.4 Å². The first-order valence-corrected chi connectivity index (χ1v) is 8.96. The van der Waals surface area contributed by atoms with Crippen LogP contribution in [0.4, 0.5) is 5.69 Å². The summed E-state index contributed by atoms with van der Waals surface area (Å²) in [5, 5.41) is 3.63. The largest absolute Gasteiger partial charge is 0.324 e. The van der Waals surface area contributed by atoms with E-state index < -0.39 is 0 Å². The standard InChI is InChI=1S/C18H20Cl2N4O/c19-15-5-3-6-16(18(15)20)22-17(25)13-24-10-8-23(9-11-24)12-14-4-1-2-7-21-14/h1-7H,8-13H2,(H,22,25). The number of benzene rings is 1. The highest BCUT2D eigenvalue weighted by Gasteiger charge is 2.19. The van der Waals surface area contributed by atoms with E-state index >= 15 is 0 Å². The summed E-state index contributed by atoms with van der Waals surface area (Å²) >= 11 is 12.1. The molecule has 0 unspecified atom stereocenters. The van der Waals surface area contributed by atoms with E-state index in [4.69, 9.17) is 23.2 Å². The SMILES string of the molecule is O=C(CN1CCN(Cc2ccccn2)CC1)Nc1cccc(Cl)c1Cl. The van der Waals surface area contributed by atoms with Gasteiger partial charge < -0.3 is 5.32 Å².